The van der Waals surface area contributed by atoms with Crippen LogP contribution in [0.2, 0.25) is 0 Å². The number of hydrogen-bond donors (Lipinski definition) is 0. The van der Waals surface area contributed by atoms with Gasteiger partial charge in [0, 0.05) is 31.1 Å². The highest BCUT2D eigenvalue weighted by atomic mass is 32.2. The van der Waals surface area contributed by atoms with Gasteiger partial charge in [-0.1, -0.05) is 0 Å². The van der Waals surface area contributed by atoms with Crippen molar-refractivity contribution in [2.24, 2.45) is 5.41 Å². The zero-order valence-corrected chi connectivity index (χ0v) is 24.9. The van der Waals surface area contributed by atoms with E-state index in [9.17, 15) is 13.2 Å². The first kappa shape index (κ1) is 29.3. The summed E-state index contributed by atoms with van der Waals surface area (Å²) >= 11 is 0. The number of aryl methyl sites for hydroxylation is 2. The van der Waals surface area contributed by atoms with Crippen molar-refractivity contribution in [3.05, 3.63) is 23.3 Å². The zero-order chi connectivity index (χ0) is 27.9. The Kier molecular flexibility index (Phi) is 8.50. The summed E-state index contributed by atoms with van der Waals surface area (Å²) in [6.07, 6.45) is 2.25. The topological polar surface area (TPSA) is 88.6 Å². The van der Waals surface area contributed by atoms with Crippen molar-refractivity contribution in [2.75, 3.05) is 59.7 Å². The number of likely N-dealkylation sites (tertiary alicyclic amines) is 2. The van der Waals surface area contributed by atoms with Gasteiger partial charge in [-0.2, -0.15) is 4.31 Å². The molecule has 10 heteroatoms. The molecule has 4 rings (SSSR count). The Balaban J connectivity index is 1.37. The van der Waals surface area contributed by atoms with Crippen molar-refractivity contribution in [1.29, 1.82) is 0 Å². The SMILES string of the molecule is COc1cc(C)c(S(=O)(=O)N2CC(C)(C)OC[C@H]2COCC(=O)N2CC3(CCN(C(C)C)CC3)C2)c(C)c1. The molecule has 214 valence electrons. The highest BCUT2D eigenvalue weighted by Crippen LogP contribution is 2.41. The molecule has 1 aromatic carbocycles. The second-order valence-corrected chi connectivity index (χ2v) is 14.1. The Labute approximate surface area is 228 Å². The number of benzene rings is 1. The van der Waals surface area contributed by atoms with Crippen molar-refractivity contribution in [2.45, 2.75) is 77.0 Å². The number of carbonyl (C=O) groups is 1. The van der Waals surface area contributed by atoms with E-state index in [1.807, 2.05) is 18.7 Å². The van der Waals surface area contributed by atoms with Gasteiger partial charge in [0.05, 0.1) is 36.9 Å². The van der Waals surface area contributed by atoms with Crippen molar-refractivity contribution < 1.29 is 27.4 Å². The maximum Gasteiger partial charge on any atom is 0.248 e. The van der Waals surface area contributed by atoms with Crippen LogP contribution in [0.15, 0.2) is 17.0 Å². The normalized spacial score (nSPS) is 24.0. The zero-order valence-electron chi connectivity index (χ0n) is 24.1. The number of nitrogens with zero attached hydrogens (tertiary/aromatic N) is 3. The van der Waals surface area contributed by atoms with E-state index in [0.29, 0.717) is 22.9 Å². The fourth-order valence-electron chi connectivity index (χ4n) is 6.06. The van der Waals surface area contributed by atoms with Gasteiger partial charge in [-0.15, -0.1) is 0 Å². The van der Waals surface area contributed by atoms with Gasteiger partial charge >= 0.3 is 0 Å². The van der Waals surface area contributed by atoms with Gasteiger partial charge in [0.25, 0.3) is 0 Å². The number of rotatable bonds is 8. The van der Waals surface area contributed by atoms with Crippen LogP contribution in [0.5, 0.6) is 5.75 Å². The number of piperidine rings is 1. The molecule has 0 saturated carbocycles. The van der Waals surface area contributed by atoms with E-state index in [2.05, 4.69) is 18.7 Å². The number of methoxy groups -OCH3 is 1. The Hall–Kier alpha value is -1.72. The smallest absolute Gasteiger partial charge is 0.248 e. The van der Waals surface area contributed by atoms with E-state index >= 15 is 0 Å². The number of amides is 1. The average molecular weight is 552 g/mol. The largest absolute Gasteiger partial charge is 0.497 e. The number of carbonyl (C=O) groups excluding carboxylic acids is 1. The Morgan fingerprint density at radius 1 is 1.11 bits per heavy atom. The van der Waals surface area contributed by atoms with Crippen LogP contribution < -0.4 is 4.74 Å². The van der Waals surface area contributed by atoms with Crippen LogP contribution in [-0.4, -0.2) is 106 Å². The van der Waals surface area contributed by atoms with Gasteiger partial charge in [0.1, 0.15) is 12.4 Å². The van der Waals surface area contributed by atoms with Gasteiger partial charge in [0.2, 0.25) is 15.9 Å². The third kappa shape index (κ3) is 6.04. The van der Waals surface area contributed by atoms with E-state index in [-0.39, 0.29) is 42.6 Å². The minimum Gasteiger partial charge on any atom is -0.497 e. The van der Waals surface area contributed by atoms with E-state index in [1.54, 1.807) is 33.1 Å². The van der Waals surface area contributed by atoms with Crippen LogP contribution in [0.4, 0.5) is 0 Å². The molecule has 9 nitrogen and oxygen atoms in total. The molecule has 3 fully saturated rings. The Morgan fingerprint density at radius 3 is 2.26 bits per heavy atom. The summed E-state index contributed by atoms with van der Waals surface area (Å²) in [5.74, 6) is 0.591. The molecule has 0 radical (unpaired) electrons. The molecular weight excluding hydrogens is 506 g/mol. The highest BCUT2D eigenvalue weighted by Gasteiger charge is 2.47. The van der Waals surface area contributed by atoms with E-state index in [0.717, 1.165) is 39.0 Å². The molecule has 0 aromatic heterocycles. The lowest BCUT2D eigenvalue weighted by Gasteiger charge is -2.54. The fraction of sp³-hybridized carbons (Fsp3) is 0.750. The summed E-state index contributed by atoms with van der Waals surface area (Å²) in [6, 6.07) is 3.52. The molecule has 3 saturated heterocycles. The average Bonchev–Trinajstić information content (AvgIpc) is 2.82. The second-order valence-electron chi connectivity index (χ2n) is 12.3. The number of ether oxygens (including phenoxy) is 3. The lowest BCUT2D eigenvalue weighted by Crippen LogP contribution is -2.63. The minimum atomic E-state index is -3.84. The van der Waals surface area contributed by atoms with Crippen LogP contribution >= 0.6 is 0 Å². The molecule has 1 aromatic rings. The van der Waals surface area contributed by atoms with E-state index in [4.69, 9.17) is 14.2 Å². The Bertz CT molecular complexity index is 1100. The molecule has 3 heterocycles. The monoisotopic (exact) mass is 551 g/mol. The van der Waals surface area contributed by atoms with Crippen LogP contribution in [0.3, 0.4) is 0 Å². The third-order valence-corrected chi connectivity index (χ3v) is 10.6. The predicted octanol–water partition coefficient (Wildman–Crippen LogP) is 2.83. The van der Waals surface area contributed by atoms with Gasteiger partial charge < -0.3 is 24.0 Å². The first-order chi connectivity index (χ1) is 17.8. The molecule has 1 atom stereocenters. The quantitative estimate of drug-likeness (QED) is 0.491. The molecular formula is C28H45N3O6S. The summed E-state index contributed by atoms with van der Waals surface area (Å²) in [4.78, 5) is 17.5. The molecule has 0 aliphatic carbocycles. The number of morpholine rings is 1. The summed E-state index contributed by atoms with van der Waals surface area (Å²) in [7, 11) is -2.27. The van der Waals surface area contributed by atoms with Crippen LogP contribution in [0, 0.1) is 19.3 Å². The number of hydrogen-bond acceptors (Lipinski definition) is 7. The van der Waals surface area contributed by atoms with E-state index < -0.39 is 21.7 Å². The molecule has 38 heavy (non-hydrogen) atoms. The first-order valence-electron chi connectivity index (χ1n) is 13.7. The fourth-order valence-corrected chi connectivity index (χ4v) is 8.23. The molecule has 0 bridgehead atoms. The molecule has 3 aliphatic heterocycles. The third-order valence-electron chi connectivity index (χ3n) is 8.38. The standard InChI is InChI=1S/C28H45N3O6S/c1-20(2)29-10-8-28(9-11-29)18-30(19-28)25(32)16-36-14-23-15-37-27(5,6)17-31(23)38(33,34)26-21(3)12-24(35-7)13-22(26)4/h12-13,20,23H,8-11,14-19H2,1-7H3/t23-/m1/s1. The second kappa shape index (κ2) is 11.0. The molecule has 0 unspecified atom stereocenters. The molecule has 3 aliphatic rings. The number of sulfonamides is 1. The first-order valence-corrected chi connectivity index (χ1v) is 15.1. The predicted molar refractivity (Wildman–Crippen MR) is 146 cm³/mol. The van der Waals surface area contributed by atoms with Crippen LogP contribution in [0.25, 0.3) is 0 Å². The summed E-state index contributed by atoms with van der Waals surface area (Å²) in [6.45, 7) is 16.0. The van der Waals surface area contributed by atoms with Crippen molar-refractivity contribution in [3.63, 3.8) is 0 Å². The lowest BCUT2D eigenvalue weighted by molar-refractivity contribution is -0.154. The highest BCUT2D eigenvalue weighted by molar-refractivity contribution is 7.89. The maximum absolute atomic E-state index is 13.9. The minimum absolute atomic E-state index is 0.0322. The lowest BCUT2D eigenvalue weighted by atomic mass is 9.72. The van der Waals surface area contributed by atoms with Gasteiger partial charge in [-0.05, 0) is 90.7 Å². The van der Waals surface area contributed by atoms with Crippen LogP contribution in [0.1, 0.15) is 51.7 Å². The molecule has 1 spiro atoms. The molecule has 0 N–H and O–H groups in total. The maximum atomic E-state index is 13.9. The van der Waals surface area contributed by atoms with Crippen molar-refractivity contribution in [3.8, 4) is 5.75 Å². The summed E-state index contributed by atoms with van der Waals surface area (Å²) < 4.78 is 46.5. The van der Waals surface area contributed by atoms with Crippen molar-refractivity contribution in [1.82, 2.24) is 14.1 Å². The van der Waals surface area contributed by atoms with Gasteiger partial charge in [0.15, 0.2) is 0 Å². The van der Waals surface area contributed by atoms with Crippen LogP contribution in [-0.2, 0) is 24.3 Å². The van der Waals surface area contributed by atoms with Crippen molar-refractivity contribution >= 4 is 15.9 Å². The Morgan fingerprint density at radius 2 is 1.71 bits per heavy atom. The van der Waals surface area contributed by atoms with E-state index in [1.165, 1.54) is 4.31 Å². The van der Waals surface area contributed by atoms with Gasteiger partial charge in [-0.3, -0.25) is 4.79 Å². The molecule has 1 amide bonds. The summed E-state index contributed by atoms with van der Waals surface area (Å²) in [5.41, 5.74) is 0.881. The summed E-state index contributed by atoms with van der Waals surface area (Å²) in [5, 5.41) is 0. The van der Waals surface area contributed by atoms with Gasteiger partial charge in [-0.25, -0.2) is 8.42 Å².